The molecule has 1 fully saturated rings. The van der Waals surface area contributed by atoms with Gasteiger partial charge in [-0.25, -0.2) is 4.79 Å². The van der Waals surface area contributed by atoms with Crippen LogP contribution in [0.4, 0.5) is 16.3 Å². The summed E-state index contributed by atoms with van der Waals surface area (Å²) in [5.74, 6) is -0.204. The molecule has 0 bridgehead atoms. The first-order valence-corrected chi connectivity index (χ1v) is 8.95. The van der Waals surface area contributed by atoms with E-state index in [1.54, 1.807) is 18.6 Å². The van der Waals surface area contributed by atoms with Gasteiger partial charge in [-0.1, -0.05) is 11.6 Å². The molecule has 9 heteroatoms. The third-order valence-corrected chi connectivity index (χ3v) is 4.82. The average molecular weight is 381 g/mol. The minimum atomic E-state index is -0.664. The summed E-state index contributed by atoms with van der Waals surface area (Å²) in [5, 5.41) is 8.35. The summed E-state index contributed by atoms with van der Waals surface area (Å²) in [5.41, 5.74) is 0.164. The molecule has 3 aliphatic rings. The molecule has 140 valence electrons. The number of piperidine rings is 1. The number of ether oxygens (including phenoxy) is 3. The van der Waals surface area contributed by atoms with Gasteiger partial charge >= 0.3 is 6.09 Å². The lowest BCUT2D eigenvalue weighted by Gasteiger charge is -2.48. The minimum Gasteiger partial charge on any atom is -0.457 e. The van der Waals surface area contributed by atoms with E-state index in [0.29, 0.717) is 31.7 Å². The standard InChI is InChI=1S/C17H21ClN4O4/c1-16(2,3)26-15(23)22-10-11-9-17(24-6-7-25-17)4-5-21(11)12-8-13(18)19-20-14(12)22/h6-8,11H,4-5,9-10H2,1-3H3. The molecular formula is C17H21ClN4O4. The predicted molar refractivity (Wildman–Crippen MR) is 95.0 cm³/mol. The molecule has 8 nitrogen and oxygen atoms in total. The molecule has 0 aliphatic carbocycles. The van der Waals surface area contributed by atoms with Crippen LogP contribution in [0.3, 0.4) is 0 Å². The lowest BCUT2D eigenvalue weighted by atomic mass is 9.93. The molecule has 0 saturated carbocycles. The Morgan fingerprint density at radius 1 is 1.35 bits per heavy atom. The Labute approximate surface area is 156 Å². The second-order valence-corrected chi connectivity index (χ2v) is 8.07. The number of anilines is 2. The number of halogens is 1. The summed E-state index contributed by atoms with van der Waals surface area (Å²) >= 11 is 6.07. The van der Waals surface area contributed by atoms with Crippen LogP contribution in [0.1, 0.15) is 33.6 Å². The van der Waals surface area contributed by atoms with Crippen LogP contribution in [0.15, 0.2) is 18.6 Å². The quantitative estimate of drug-likeness (QED) is 0.684. The van der Waals surface area contributed by atoms with Gasteiger partial charge in [0.2, 0.25) is 0 Å². The van der Waals surface area contributed by atoms with E-state index in [4.69, 9.17) is 25.8 Å². The summed E-state index contributed by atoms with van der Waals surface area (Å²) in [7, 11) is 0. The third-order valence-electron chi connectivity index (χ3n) is 4.64. The molecule has 1 amide bonds. The number of hydrogen-bond donors (Lipinski definition) is 0. The van der Waals surface area contributed by atoms with E-state index in [-0.39, 0.29) is 11.2 Å². The Kier molecular flexibility index (Phi) is 3.91. The highest BCUT2D eigenvalue weighted by atomic mass is 35.5. The Morgan fingerprint density at radius 2 is 2.08 bits per heavy atom. The van der Waals surface area contributed by atoms with E-state index < -0.39 is 17.5 Å². The van der Waals surface area contributed by atoms with Gasteiger partial charge in [-0.3, -0.25) is 4.90 Å². The Hall–Kier alpha value is -2.22. The number of amides is 1. The second-order valence-electron chi connectivity index (χ2n) is 7.69. The largest absolute Gasteiger partial charge is 0.457 e. The molecule has 0 N–H and O–H groups in total. The van der Waals surface area contributed by atoms with E-state index in [1.807, 2.05) is 20.8 Å². The van der Waals surface area contributed by atoms with Crippen LogP contribution in [-0.2, 0) is 14.2 Å². The third kappa shape index (κ3) is 3.02. The zero-order chi connectivity index (χ0) is 18.5. The summed E-state index contributed by atoms with van der Waals surface area (Å²) in [6.45, 7) is 6.60. The van der Waals surface area contributed by atoms with Gasteiger partial charge < -0.3 is 19.1 Å². The molecule has 26 heavy (non-hydrogen) atoms. The van der Waals surface area contributed by atoms with Crippen LogP contribution in [0, 0.1) is 0 Å². The SMILES string of the molecule is CC(C)(C)OC(=O)N1CC2CC3(CCN2c2cc(Cl)nnc21)OC=CO3. The van der Waals surface area contributed by atoms with Crippen LogP contribution in [0.25, 0.3) is 0 Å². The van der Waals surface area contributed by atoms with Gasteiger partial charge in [0, 0.05) is 25.5 Å². The number of carbonyl (C=O) groups excluding carboxylic acids is 1. The second kappa shape index (κ2) is 5.90. The highest BCUT2D eigenvalue weighted by Gasteiger charge is 2.48. The molecule has 1 saturated heterocycles. The summed E-state index contributed by atoms with van der Waals surface area (Å²) in [4.78, 5) is 16.5. The molecular weight excluding hydrogens is 360 g/mol. The molecule has 1 atom stereocenters. The maximum absolute atomic E-state index is 12.8. The van der Waals surface area contributed by atoms with Gasteiger partial charge in [-0.15, -0.1) is 10.2 Å². The van der Waals surface area contributed by atoms with E-state index in [1.165, 1.54) is 4.90 Å². The zero-order valence-corrected chi connectivity index (χ0v) is 15.7. The van der Waals surface area contributed by atoms with E-state index >= 15 is 0 Å². The van der Waals surface area contributed by atoms with Gasteiger partial charge in [0.15, 0.2) is 11.0 Å². The van der Waals surface area contributed by atoms with Crippen LogP contribution < -0.4 is 9.80 Å². The first kappa shape index (κ1) is 17.2. The van der Waals surface area contributed by atoms with Gasteiger partial charge in [0.25, 0.3) is 5.79 Å². The first-order chi connectivity index (χ1) is 12.3. The van der Waals surface area contributed by atoms with Gasteiger partial charge in [0.1, 0.15) is 18.1 Å². The van der Waals surface area contributed by atoms with Crippen LogP contribution in [0.2, 0.25) is 5.15 Å². The number of hydrogen-bond acceptors (Lipinski definition) is 7. The first-order valence-electron chi connectivity index (χ1n) is 8.57. The van der Waals surface area contributed by atoms with Gasteiger partial charge in [0.05, 0.1) is 18.3 Å². The van der Waals surface area contributed by atoms with Crippen molar-refractivity contribution in [1.29, 1.82) is 0 Å². The van der Waals surface area contributed by atoms with E-state index in [0.717, 1.165) is 5.69 Å². The highest BCUT2D eigenvalue weighted by Crippen LogP contribution is 2.43. The van der Waals surface area contributed by atoms with Crippen molar-refractivity contribution < 1.29 is 19.0 Å². The number of carbonyl (C=O) groups is 1. The topological polar surface area (TPSA) is 77.0 Å². The number of rotatable bonds is 0. The van der Waals surface area contributed by atoms with Gasteiger partial charge in [-0.2, -0.15) is 0 Å². The fourth-order valence-corrected chi connectivity index (χ4v) is 3.74. The van der Waals surface area contributed by atoms with E-state index in [9.17, 15) is 4.79 Å². The van der Waals surface area contributed by atoms with Crippen molar-refractivity contribution in [2.45, 2.75) is 51.0 Å². The molecule has 1 spiro atoms. The monoisotopic (exact) mass is 380 g/mol. The smallest absolute Gasteiger partial charge is 0.416 e. The molecule has 1 aromatic heterocycles. The normalized spacial score (nSPS) is 23.2. The van der Waals surface area contributed by atoms with Crippen molar-refractivity contribution in [3.63, 3.8) is 0 Å². The van der Waals surface area contributed by atoms with Crippen molar-refractivity contribution in [2.24, 2.45) is 0 Å². The summed E-state index contributed by atoms with van der Waals surface area (Å²) in [6, 6.07) is 1.73. The Morgan fingerprint density at radius 3 is 2.77 bits per heavy atom. The molecule has 1 aromatic rings. The van der Waals surface area contributed by atoms with Crippen molar-refractivity contribution in [1.82, 2.24) is 10.2 Å². The van der Waals surface area contributed by atoms with Crippen LogP contribution in [0.5, 0.6) is 0 Å². The Bertz CT molecular complexity index is 756. The maximum Gasteiger partial charge on any atom is 0.416 e. The minimum absolute atomic E-state index is 0.0102. The molecule has 4 rings (SSSR count). The van der Waals surface area contributed by atoms with E-state index in [2.05, 4.69) is 15.1 Å². The molecule has 0 radical (unpaired) electrons. The highest BCUT2D eigenvalue weighted by molar-refractivity contribution is 6.29. The fraction of sp³-hybridized carbons (Fsp3) is 0.588. The van der Waals surface area contributed by atoms with Gasteiger partial charge in [-0.05, 0) is 20.8 Å². The number of nitrogens with zero attached hydrogens (tertiary/aromatic N) is 4. The summed E-state index contributed by atoms with van der Waals surface area (Å²) in [6.07, 6.45) is 3.99. The van der Waals surface area contributed by atoms with Crippen LogP contribution in [-0.4, -0.2) is 46.8 Å². The summed E-state index contributed by atoms with van der Waals surface area (Å²) < 4.78 is 17.0. The fourth-order valence-electron chi connectivity index (χ4n) is 3.60. The molecule has 1 unspecified atom stereocenters. The van der Waals surface area contributed by atoms with Crippen LogP contribution >= 0.6 is 11.6 Å². The van der Waals surface area contributed by atoms with Crippen molar-refractivity contribution in [3.8, 4) is 0 Å². The predicted octanol–water partition coefficient (Wildman–Crippen LogP) is 3.07. The number of fused-ring (bicyclic) bond motifs is 3. The number of aromatic nitrogens is 2. The zero-order valence-electron chi connectivity index (χ0n) is 14.9. The van der Waals surface area contributed by atoms with Crippen molar-refractivity contribution in [3.05, 3.63) is 23.7 Å². The Balaban J connectivity index is 1.67. The average Bonchev–Trinajstić information content (AvgIpc) is 2.99. The van der Waals surface area contributed by atoms with Crippen molar-refractivity contribution in [2.75, 3.05) is 22.9 Å². The lowest BCUT2D eigenvalue weighted by molar-refractivity contribution is -0.161. The molecule has 0 aromatic carbocycles. The molecule has 3 aliphatic heterocycles. The lowest BCUT2D eigenvalue weighted by Crippen LogP contribution is -2.59. The molecule has 4 heterocycles. The maximum atomic E-state index is 12.8. The van der Waals surface area contributed by atoms with Crippen molar-refractivity contribution >= 4 is 29.2 Å².